The average molecular weight is 582 g/mol. The fraction of sp³-hybridized carbons (Fsp3) is 0.286. The standard InChI is InChI=1S/C35H39NO3SSi/c1-41(2,3)39-31-16-20-33(21-17-31)40-32-18-14-30(15-19-32)34(37)35(36-22-24-38-25-23-36,26-28-10-6-4-7-11-28)27-29-12-8-5-9-13-29/h4-21H,22-27H2,1-3H3/q-1. The highest BCUT2D eigenvalue weighted by Gasteiger charge is 2.44. The van der Waals surface area contributed by atoms with Gasteiger partial charge in [0.25, 0.3) is 0 Å². The summed E-state index contributed by atoms with van der Waals surface area (Å²) in [5.41, 5.74) is 2.36. The van der Waals surface area contributed by atoms with Gasteiger partial charge in [-0.15, -0.1) is 19.6 Å². The molecule has 6 heteroatoms. The second-order valence-corrected chi connectivity index (χ2v) is 17.2. The Hall–Kier alpha value is -3.16. The van der Waals surface area contributed by atoms with E-state index in [-0.39, 0.29) is 5.78 Å². The van der Waals surface area contributed by atoms with Crippen LogP contribution in [0.3, 0.4) is 0 Å². The average Bonchev–Trinajstić information content (AvgIpc) is 2.99. The maximum Gasteiger partial charge on any atom is 0.183 e. The number of rotatable bonds is 11. The summed E-state index contributed by atoms with van der Waals surface area (Å²) < 4.78 is 11.8. The van der Waals surface area contributed by atoms with Crippen molar-refractivity contribution >= 4 is 25.9 Å². The minimum Gasteiger partial charge on any atom is -0.689 e. The topological polar surface area (TPSA) is 38.8 Å². The summed E-state index contributed by atoms with van der Waals surface area (Å²) in [6.45, 7) is 9.29. The molecular formula is C35H39NO3SSi-. The second kappa shape index (κ2) is 13.2. The molecule has 1 aliphatic rings. The van der Waals surface area contributed by atoms with Crippen molar-refractivity contribution in [1.82, 2.24) is 4.90 Å². The smallest absolute Gasteiger partial charge is 0.183 e. The molecule has 0 aliphatic carbocycles. The second-order valence-electron chi connectivity index (χ2n) is 11.6. The van der Waals surface area contributed by atoms with Crippen molar-refractivity contribution in [2.75, 3.05) is 26.3 Å². The van der Waals surface area contributed by atoms with Crippen LogP contribution in [0.4, 0.5) is 0 Å². The van der Waals surface area contributed by atoms with Crippen LogP contribution >= 0.6 is 11.8 Å². The first-order valence-electron chi connectivity index (χ1n) is 14.3. The lowest BCUT2D eigenvalue weighted by molar-refractivity contribution is -0.0151. The zero-order chi connectivity index (χ0) is 28.7. The number of ether oxygens (including phenoxy) is 1. The predicted octanol–water partition coefficient (Wildman–Crippen LogP) is 7.79. The van der Waals surface area contributed by atoms with Gasteiger partial charge in [-0.3, -0.25) is 9.69 Å². The summed E-state index contributed by atoms with van der Waals surface area (Å²) in [4.78, 5) is 19.3. The quantitative estimate of drug-likeness (QED) is 0.134. The SMILES string of the molecule is C[Si-](C)(C)Oc1ccc(Sc2ccc(C(=O)C(Cc3ccccc3)(Cc3ccccc3)N3CCOCC3)cc2)cc1. The monoisotopic (exact) mass is 581 g/mol. The van der Waals surface area contributed by atoms with E-state index in [0.717, 1.165) is 45.3 Å². The van der Waals surface area contributed by atoms with Gasteiger partial charge >= 0.3 is 0 Å². The largest absolute Gasteiger partial charge is 0.689 e. The van der Waals surface area contributed by atoms with Crippen LogP contribution in [0.5, 0.6) is 5.75 Å². The molecule has 0 saturated carbocycles. The maximum absolute atomic E-state index is 14.7. The number of hydrogen-bond acceptors (Lipinski definition) is 5. The summed E-state index contributed by atoms with van der Waals surface area (Å²) in [6.07, 6.45) is 1.29. The third-order valence-electron chi connectivity index (χ3n) is 7.32. The van der Waals surface area contributed by atoms with Crippen molar-refractivity contribution < 1.29 is 14.0 Å². The lowest BCUT2D eigenvalue weighted by Crippen LogP contribution is -2.60. The Morgan fingerprint density at radius 3 is 1.73 bits per heavy atom. The number of nitrogens with zero attached hydrogens (tertiary/aromatic N) is 1. The Kier molecular flexibility index (Phi) is 9.45. The lowest BCUT2D eigenvalue weighted by atomic mass is 9.77. The fourth-order valence-electron chi connectivity index (χ4n) is 5.46. The summed E-state index contributed by atoms with van der Waals surface area (Å²) >= 11 is 1.69. The van der Waals surface area contributed by atoms with Crippen LogP contribution in [0.25, 0.3) is 0 Å². The molecule has 5 rings (SSSR count). The normalized spacial score (nSPS) is 14.5. The predicted molar refractivity (Wildman–Crippen MR) is 171 cm³/mol. The van der Waals surface area contributed by atoms with Crippen molar-refractivity contribution in [3.8, 4) is 5.75 Å². The highest BCUT2D eigenvalue weighted by Crippen LogP contribution is 2.34. The molecule has 1 fully saturated rings. The number of benzene rings is 4. The van der Waals surface area contributed by atoms with Crippen molar-refractivity contribution in [2.45, 2.75) is 47.8 Å². The van der Waals surface area contributed by atoms with Crippen molar-refractivity contribution in [1.29, 1.82) is 0 Å². The Morgan fingerprint density at radius 1 is 0.756 bits per heavy atom. The van der Waals surface area contributed by atoms with E-state index < -0.39 is 13.9 Å². The van der Waals surface area contributed by atoms with Crippen LogP contribution in [0.15, 0.2) is 119 Å². The van der Waals surface area contributed by atoms with E-state index in [2.05, 4.69) is 97.3 Å². The molecule has 4 aromatic rings. The number of morpholine rings is 1. The van der Waals surface area contributed by atoms with E-state index in [1.807, 2.05) is 36.4 Å². The molecule has 4 nitrogen and oxygen atoms in total. The summed E-state index contributed by atoms with van der Waals surface area (Å²) in [5.74, 6) is 1.09. The number of carbonyl (C=O) groups is 1. The zero-order valence-corrected chi connectivity index (χ0v) is 26.0. The van der Waals surface area contributed by atoms with E-state index in [0.29, 0.717) is 26.1 Å². The van der Waals surface area contributed by atoms with Gasteiger partial charge in [0.05, 0.1) is 24.5 Å². The first kappa shape index (κ1) is 29.3. The molecule has 0 unspecified atom stereocenters. The first-order chi connectivity index (χ1) is 19.8. The highest BCUT2D eigenvalue weighted by atomic mass is 32.2. The lowest BCUT2D eigenvalue weighted by Gasteiger charge is -2.45. The van der Waals surface area contributed by atoms with Gasteiger partial charge in [0.1, 0.15) is 0 Å². The third kappa shape index (κ3) is 7.77. The Morgan fingerprint density at radius 2 is 1.24 bits per heavy atom. The van der Waals surface area contributed by atoms with E-state index >= 15 is 0 Å². The van der Waals surface area contributed by atoms with Gasteiger partial charge in [0.2, 0.25) is 0 Å². The van der Waals surface area contributed by atoms with Gasteiger partial charge in [-0.25, -0.2) is 0 Å². The summed E-state index contributed by atoms with van der Waals surface area (Å²) in [5, 5.41) is 0. The molecule has 1 heterocycles. The minimum atomic E-state index is -1.63. The van der Waals surface area contributed by atoms with E-state index in [9.17, 15) is 4.79 Å². The van der Waals surface area contributed by atoms with Crippen LogP contribution in [-0.4, -0.2) is 50.8 Å². The third-order valence-corrected chi connectivity index (χ3v) is 9.18. The van der Waals surface area contributed by atoms with Gasteiger partial charge in [-0.1, -0.05) is 84.6 Å². The summed E-state index contributed by atoms with van der Waals surface area (Å²) in [7, 11) is -1.63. The molecular weight excluding hydrogens is 543 g/mol. The van der Waals surface area contributed by atoms with Gasteiger partial charge in [-0.05, 0) is 60.4 Å². The van der Waals surface area contributed by atoms with E-state index in [1.165, 1.54) is 0 Å². The summed E-state index contributed by atoms with van der Waals surface area (Å²) in [6, 6.07) is 37.2. The molecule has 0 amide bonds. The van der Waals surface area contributed by atoms with Crippen LogP contribution < -0.4 is 4.43 Å². The molecule has 1 saturated heterocycles. The molecule has 0 radical (unpaired) electrons. The minimum absolute atomic E-state index is 0.163. The Balaban J connectivity index is 1.43. The highest BCUT2D eigenvalue weighted by molar-refractivity contribution is 7.99. The van der Waals surface area contributed by atoms with E-state index in [4.69, 9.17) is 9.16 Å². The van der Waals surface area contributed by atoms with Crippen LogP contribution in [0.2, 0.25) is 19.6 Å². The first-order valence-corrected chi connectivity index (χ1v) is 18.6. The molecule has 0 aromatic heterocycles. The Labute approximate surface area is 249 Å². The molecule has 1 aliphatic heterocycles. The van der Waals surface area contributed by atoms with E-state index in [1.54, 1.807) is 11.8 Å². The number of Topliss-reactive ketones (excluding diaryl/α,β-unsaturated/α-hetero) is 1. The molecule has 0 bridgehead atoms. The molecule has 41 heavy (non-hydrogen) atoms. The molecule has 0 atom stereocenters. The molecule has 0 spiro atoms. The van der Waals surface area contributed by atoms with Gasteiger partial charge in [-0.2, -0.15) is 0 Å². The van der Waals surface area contributed by atoms with Gasteiger partial charge in [0, 0.05) is 36.8 Å². The van der Waals surface area contributed by atoms with Crippen LogP contribution in [0.1, 0.15) is 21.5 Å². The van der Waals surface area contributed by atoms with Crippen LogP contribution in [-0.2, 0) is 17.6 Å². The number of carbonyl (C=O) groups excluding carboxylic acids is 1. The zero-order valence-electron chi connectivity index (χ0n) is 24.2. The van der Waals surface area contributed by atoms with Gasteiger partial charge in [0.15, 0.2) is 5.78 Å². The fourth-order valence-corrected chi connectivity index (χ4v) is 7.12. The van der Waals surface area contributed by atoms with Crippen molar-refractivity contribution in [3.05, 3.63) is 126 Å². The Bertz CT molecular complexity index is 1360. The van der Waals surface area contributed by atoms with Crippen LogP contribution in [0, 0.1) is 0 Å². The molecule has 213 valence electrons. The number of hydrogen-bond donors (Lipinski definition) is 0. The van der Waals surface area contributed by atoms with Crippen molar-refractivity contribution in [3.63, 3.8) is 0 Å². The number of ketones is 1. The maximum atomic E-state index is 14.7. The molecule has 0 N–H and O–H groups in total. The van der Waals surface area contributed by atoms with Gasteiger partial charge < -0.3 is 9.16 Å². The van der Waals surface area contributed by atoms with Crippen molar-refractivity contribution in [2.24, 2.45) is 0 Å². The molecule has 4 aromatic carbocycles.